The van der Waals surface area contributed by atoms with Crippen molar-refractivity contribution in [2.24, 2.45) is 0 Å². The monoisotopic (exact) mass is 651 g/mol. The third-order valence-corrected chi connectivity index (χ3v) is 9.71. The quantitative estimate of drug-likeness (QED) is 0.186. The largest absolute Gasteiger partial charge is 0.455 e. The van der Waals surface area contributed by atoms with Crippen LogP contribution in [0, 0.1) is 0 Å². The lowest BCUT2D eigenvalue weighted by Crippen LogP contribution is -2.00. The Bertz CT molecular complexity index is 2900. The van der Waals surface area contributed by atoms with E-state index in [0.29, 0.717) is 17.5 Å². The summed E-state index contributed by atoms with van der Waals surface area (Å²) in [6.07, 6.45) is 0. The highest BCUT2D eigenvalue weighted by Crippen LogP contribution is 2.42. The van der Waals surface area contributed by atoms with Crippen LogP contribution >= 0.6 is 0 Å². The highest BCUT2D eigenvalue weighted by atomic mass is 16.3. The van der Waals surface area contributed by atoms with Crippen LogP contribution in [0.15, 0.2) is 180 Å². The van der Waals surface area contributed by atoms with Crippen molar-refractivity contribution in [2.75, 3.05) is 0 Å². The average Bonchev–Trinajstić information content (AvgIpc) is 3.60. The molecule has 0 aliphatic carbocycles. The Morgan fingerprint density at radius 2 is 0.863 bits per heavy atom. The summed E-state index contributed by atoms with van der Waals surface area (Å²) in [5.74, 6) is 1.84. The Kier molecular flexibility index (Phi) is 6.78. The first-order valence-electron chi connectivity index (χ1n) is 17.1. The Balaban J connectivity index is 1.18. The number of rotatable bonds is 5. The molecular formula is C47H29N3O. The molecule has 4 nitrogen and oxygen atoms in total. The van der Waals surface area contributed by atoms with E-state index in [1.165, 1.54) is 16.3 Å². The predicted molar refractivity (Wildman–Crippen MR) is 209 cm³/mol. The normalized spacial score (nSPS) is 11.5. The number of hydrogen-bond acceptors (Lipinski definition) is 4. The Morgan fingerprint density at radius 3 is 1.63 bits per heavy atom. The van der Waals surface area contributed by atoms with Crippen LogP contribution in [-0.2, 0) is 0 Å². The van der Waals surface area contributed by atoms with Crippen LogP contribution in [0.4, 0.5) is 0 Å². The summed E-state index contributed by atoms with van der Waals surface area (Å²) in [7, 11) is 0. The van der Waals surface area contributed by atoms with Gasteiger partial charge >= 0.3 is 0 Å². The summed E-state index contributed by atoms with van der Waals surface area (Å²) in [5, 5.41) is 6.55. The minimum Gasteiger partial charge on any atom is -0.455 e. The molecule has 8 aromatic carbocycles. The van der Waals surface area contributed by atoms with E-state index in [0.717, 1.165) is 66.1 Å². The second-order valence-corrected chi connectivity index (χ2v) is 12.8. The maximum atomic E-state index is 6.79. The standard InChI is InChI=1S/C47H29N3O/c1-3-11-30(12-4-1)32-19-22-34(23-20-32)46-48-45(33-14-5-2-6-15-33)49-47(50-46)41-28-38-17-9-10-18-39(38)44-43(41)40-26-25-37(29-42(40)51-44)36-24-21-31-13-7-8-16-35(31)27-36/h1-29H. The molecule has 0 spiro atoms. The van der Waals surface area contributed by atoms with E-state index < -0.39 is 0 Å². The lowest BCUT2D eigenvalue weighted by molar-refractivity contribution is 0.673. The van der Waals surface area contributed by atoms with Crippen molar-refractivity contribution in [2.45, 2.75) is 0 Å². The average molecular weight is 652 g/mol. The van der Waals surface area contributed by atoms with Gasteiger partial charge in [-0.3, -0.25) is 0 Å². The molecule has 2 aromatic heterocycles. The molecule has 0 atom stereocenters. The van der Waals surface area contributed by atoms with Crippen molar-refractivity contribution < 1.29 is 4.42 Å². The number of hydrogen-bond donors (Lipinski definition) is 0. The molecule has 0 N–H and O–H groups in total. The third-order valence-electron chi connectivity index (χ3n) is 9.71. The van der Waals surface area contributed by atoms with Gasteiger partial charge in [-0.05, 0) is 62.7 Å². The summed E-state index contributed by atoms with van der Waals surface area (Å²) < 4.78 is 6.79. The van der Waals surface area contributed by atoms with Gasteiger partial charge in [-0.1, -0.05) is 152 Å². The summed E-state index contributed by atoms with van der Waals surface area (Å²) >= 11 is 0. The highest BCUT2D eigenvalue weighted by Gasteiger charge is 2.21. The zero-order valence-corrected chi connectivity index (χ0v) is 27.5. The lowest BCUT2D eigenvalue weighted by Gasteiger charge is -2.11. The summed E-state index contributed by atoms with van der Waals surface area (Å²) in [6, 6.07) is 61.0. The van der Waals surface area contributed by atoms with E-state index in [1.54, 1.807) is 0 Å². The second kappa shape index (κ2) is 11.9. The van der Waals surface area contributed by atoms with Crippen LogP contribution in [-0.4, -0.2) is 15.0 Å². The summed E-state index contributed by atoms with van der Waals surface area (Å²) in [6.45, 7) is 0. The van der Waals surface area contributed by atoms with Crippen molar-refractivity contribution in [1.82, 2.24) is 15.0 Å². The van der Waals surface area contributed by atoms with E-state index in [1.807, 2.05) is 36.4 Å². The Labute approximate surface area is 294 Å². The molecule has 51 heavy (non-hydrogen) atoms. The van der Waals surface area contributed by atoms with Gasteiger partial charge in [0.1, 0.15) is 11.2 Å². The lowest BCUT2D eigenvalue weighted by atomic mass is 9.97. The molecule has 0 aliphatic rings. The van der Waals surface area contributed by atoms with Gasteiger partial charge in [0.15, 0.2) is 17.5 Å². The van der Waals surface area contributed by atoms with Crippen molar-refractivity contribution >= 4 is 43.5 Å². The molecule has 0 saturated carbocycles. The van der Waals surface area contributed by atoms with Gasteiger partial charge in [-0.25, -0.2) is 15.0 Å². The molecule has 0 fully saturated rings. The smallest absolute Gasteiger partial charge is 0.164 e. The first kappa shape index (κ1) is 29.0. The molecule has 2 heterocycles. The molecule has 0 unspecified atom stereocenters. The minimum absolute atomic E-state index is 0.600. The van der Waals surface area contributed by atoms with Gasteiger partial charge in [0.2, 0.25) is 0 Å². The van der Waals surface area contributed by atoms with Crippen molar-refractivity contribution in [3.8, 4) is 56.4 Å². The first-order valence-corrected chi connectivity index (χ1v) is 17.1. The van der Waals surface area contributed by atoms with Gasteiger partial charge in [-0.15, -0.1) is 0 Å². The van der Waals surface area contributed by atoms with Crippen LogP contribution in [0.1, 0.15) is 0 Å². The Hall–Kier alpha value is -6.91. The molecule has 10 aromatic rings. The number of nitrogens with zero attached hydrogens (tertiary/aromatic N) is 3. The van der Waals surface area contributed by atoms with Gasteiger partial charge in [0, 0.05) is 32.8 Å². The van der Waals surface area contributed by atoms with E-state index in [4.69, 9.17) is 19.4 Å². The van der Waals surface area contributed by atoms with Gasteiger partial charge in [0.25, 0.3) is 0 Å². The highest BCUT2D eigenvalue weighted by molar-refractivity contribution is 6.21. The van der Waals surface area contributed by atoms with Crippen molar-refractivity contribution in [1.29, 1.82) is 0 Å². The molecule has 0 aliphatic heterocycles. The van der Waals surface area contributed by atoms with E-state index in [-0.39, 0.29) is 0 Å². The number of benzene rings is 8. The SMILES string of the molecule is c1ccc(-c2ccc(-c3nc(-c4ccccc4)nc(-c4cc5ccccc5c5oc6cc(-c7ccc8ccccc8c7)ccc6c45)n3)cc2)cc1. The fourth-order valence-corrected chi connectivity index (χ4v) is 7.12. The third kappa shape index (κ3) is 5.13. The summed E-state index contributed by atoms with van der Waals surface area (Å²) in [4.78, 5) is 15.3. The van der Waals surface area contributed by atoms with Crippen molar-refractivity contribution in [3.05, 3.63) is 176 Å². The van der Waals surface area contributed by atoms with Crippen LogP contribution in [0.5, 0.6) is 0 Å². The topological polar surface area (TPSA) is 51.8 Å². The van der Waals surface area contributed by atoms with E-state index in [2.05, 4.69) is 140 Å². The molecule has 0 bridgehead atoms. The van der Waals surface area contributed by atoms with Crippen molar-refractivity contribution in [3.63, 3.8) is 0 Å². The molecule has 4 heteroatoms. The maximum Gasteiger partial charge on any atom is 0.164 e. The fraction of sp³-hybridized carbons (Fsp3) is 0. The van der Waals surface area contributed by atoms with Crippen LogP contribution in [0.2, 0.25) is 0 Å². The van der Waals surface area contributed by atoms with Crippen LogP contribution in [0.25, 0.3) is 99.9 Å². The van der Waals surface area contributed by atoms with E-state index in [9.17, 15) is 0 Å². The number of furan rings is 1. The zero-order chi connectivity index (χ0) is 33.7. The van der Waals surface area contributed by atoms with Gasteiger partial charge < -0.3 is 4.42 Å². The maximum absolute atomic E-state index is 6.79. The molecular weight excluding hydrogens is 623 g/mol. The zero-order valence-electron chi connectivity index (χ0n) is 27.5. The molecule has 238 valence electrons. The minimum atomic E-state index is 0.600. The second-order valence-electron chi connectivity index (χ2n) is 12.8. The fourth-order valence-electron chi connectivity index (χ4n) is 7.12. The molecule has 10 rings (SSSR count). The summed E-state index contributed by atoms with van der Waals surface area (Å²) in [5.41, 5.74) is 8.96. The number of fused-ring (bicyclic) bond motifs is 6. The molecule has 0 saturated heterocycles. The predicted octanol–water partition coefficient (Wildman–Crippen LogP) is 12.4. The van der Waals surface area contributed by atoms with Gasteiger partial charge in [-0.2, -0.15) is 0 Å². The Morgan fingerprint density at radius 1 is 0.333 bits per heavy atom. The van der Waals surface area contributed by atoms with E-state index >= 15 is 0 Å². The van der Waals surface area contributed by atoms with Crippen LogP contribution < -0.4 is 0 Å². The molecule has 0 radical (unpaired) electrons. The van der Waals surface area contributed by atoms with Crippen LogP contribution in [0.3, 0.4) is 0 Å². The first-order chi connectivity index (χ1) is 25.2. The van der Waals surface area contributed by atoms with Gasteiger partial charge in [0.05, 0.1) is 0 Å². The molecule has 0 amide bonds. The number of aromatic nitrogens is 3.